The number of aromatic nitrogens is 1. The molecule has 0 radical (unpaired) electrons. The molecule has 0 amide bonds. The molecule has 7 nitrogen and oxygen atoms in total. The van der Waals surface area contributed by atoms with Crippen LogP contribution < -0.4 is 11.3 Å². The minimum absolute atomic E-state index is 0.00819. The number of hydrazine groups is 1. The standard InChI is InChI=1S/C12H19BrN4O3S/c13-9-7-11(12(16-14)15-8-9)21(19,20)17(5-2-6-18)10-3-1-4-10/h7-8,10,18H,1-6,14H2,(H,15,16). The van der Waals surface area contributed by atoms with Gasteiger partial charge in [-0.25, -0.2) is 19.2 Å². The molecule has 0 spiro atoms. The van der Waals surface area contributed by atoms with Crippen LogP contribution in [0.4, 0.5) is 5.82 Å². The molecule has 1 aliphatic rings. The second-order valence-electron chi connectivity index (χ2n) is 4.92. The van der Waals surface area contributed by atoms with Crippen LogP contribution in [0.2, 0.25) is 0 Å². The number of sulfonamides is 1. The Labute approximate surface area is 132 Å². The largest absolute Gasteiger partial charge is 0.396 e. The van der Waals surface area contributed by atoms with Gasteiger partial charge in [0.15, 0.2) is 5.82 Å². The van der Waals surface area contributed by atoms with E-state index in [1.807, 2.05) is 0 Å². The number of hydrogen-bond acceptors (Lipinski definition) is 6. The number of nitrogens with zero attached hydrogens (tertiary/aromatic N) is 2. The average molecular weight is 379 g/mol. The molecular formula is C12H19BrN4O3S. The molecular weight excluding hydrogens is 360 g/mol. The van der Waals surface area contributed by atoms with Crippen molar-refractivity contribution in [3.05, 3.63) is 16.7 Å². The zero-order valence-corrected chi connectivity index (χ0v) is 13.9. The van der Waals surface area contributed by atoms with Crippen molar-refractivity contribution < 1.29 is 13.5 Å². The van der Waals surface area contributed by atoms with Crippen molar-refractivity contribution in [3.8, 4) is 0 Å². The second kappa shape index (κ2) is 7.01. The van der Waals surface area contributed by atoms with E-state index in [2.05, 4.69) is 26.3 Å². The van der Waals surface area contributed by atoms with Crippen LogP contribution in [0.25, 0.3) is 0 Å². The summed E-state index contributed by atoms with van der Waals surface area (Å²) in [7, 11) is -3.71. The summed E-state index contributed by atoms with van der Waals surface area (Å²) in [4.78, 5) is 4.04. The van der Waals surface area contributed by atoms with Gasteiger partial charge >= 0.3 is 0 Å². The Morgan fingerprint density at radius 2 is 2.24 bits per heavy atom. The number of nitrogens with one attached hydrogen (secondary N) is 1. The molecule has 9 heteroatoms. The summed E-state index contributed by atoms with van der Waals surface area (Å²) in [6, 6.07) is 1.48. The van der Waals surface area contributed by atoms with Crippen molar-refractivity contribution in [3.63, 3.8) is 0 Å². The quantitative estimate of drug-likeness (QED) is 0.483. The Balaban J connectivity index is 2.39. The molecule has 118 valence electrons. The van der Waals surface area contributed by atoms with E-state index in [0.29, 0.717) is 17.4 Å². The van der Waals surface area contributed by atoms with Gasteiger partial charge in [-0.1, -0.05) is 6.42 Å². The summed E-state index contributed by atoms with van der Waals surface area (Å²) in [5.74, 6) is 5.49. The maximum Gasteiger partial charge on any atom is 0.247 e. The zero-order valence-electron chi connectivity index (χ0n) is 11.5. The molecule has 1 heterocycles. The Morgan fingerprint density at radius 1 is 1.52 bits per heavy atom. The molecule has 21 heavy (non-hydrogen) atoms. The van der Waals surface area contributed by atoms with Crippen LogP contribution in [-0.2, 0) is 10.0 Å². The van der Waals surface area contributed by atoms with E-state index < -0.39 is 10.0 Å². The fraction of sp³-hybridized carbons (Fsp3) is 0.583. The molecule has 1 saturated carbocycles. The highest BCUT2D eigenvalue weighted by molar-refractivity contribution is 9.10. The number of hydrogen-bond donors (Lipinski definition) is 3. The van der Waals surface area contributed by atoms with Crippen LogP contribution >= 0.6 is 15.9 Å². The summed E-state index contributed by atoms with van der Waals surface area (Å²) in [6.07, 6.45) is 4.60. The van der Waals surface area contributed by atoms with E-state index in [1.165, 1.54) is 16.6 Å². The minimum atomic E-state index is -3.71. The van der Waals surface area contributed by atoms with Crippen molar-refractivity contribution in [2.24, 2.45) is 5.84 Å². The van der Waals surface area contributed by atoms with Crippen LogP contribution in [0.15, 0.2) is 21.6 Å². The van der Waals surface area contributed by atoms with Gasteiger partial charge < -0.3 is 10.5 Å². The average Bonchev–Trinajstić information content (AvgIpc) is 2.41. The van der Waals surface area contributed by atoms with Gasteiger partial charge in [-0.05, 0) is 41.3 Å². The highest BCUT2D eigenvalue weighted by Crippen LogP contribution is 2.32. The topological polar surface area (TPSA) is 109 Å². The lowest BCUT2D eigenvalue weighted by atomic mass is 9.93. The molecule has 4 N–H and O–H groups in total. The van der Waals surface area contributed by atoms with Crippen LogP contribution in [-0.4, -0.2) is 42.0 Å². The summed E-state index contributed by atoms with van der Waals surface area (Å²) in [5, 5.41) is 9.00. The van der Waals surface area contributed by atoms with E-state index >= 15 is 0 Å². The Morgan fingerprint density at radius 3 is 2.76 bits per heavy atom. The number of anilines is 1. The first-order chi connectivity index (χ1) is 10.0. The van der Waals surface area contributed by atoms with Crippen molar-refractivity contribution in [2.45, 2.75) is 36.6 Å². The molecule has 0 aliphatic heterocycles. The molecule has 0 unspecified atom stereocenters. The Kier molecular flexibility index (Phi) is 5.55. The minimum Gasteiger partial charge on any atom is -0.396 e. The molecule has 0 atom stereocenters. The van der Waals surface area contributed by atoms with E-state index in [-0.39, 0.29) is 23.4 Å². The lowest BCUT2D eigenvalue weighted by molar-refractivity contribution is 0.198. The SMILES string of the molecule is NNc1ncc(Br)cc1S(=O)(=O)N(CCCO)C1CCC1. The number of pyridine rings is 1. The van der Waals surface area contributed by atoms with E-state index in [9.17, 15) is 8.42 Å². The first-order valence-corrected chi connectivity index (χ1v) is 8.99. The predicted octanol–water partition coefficient (Wildman–Crippen LogP) is 1.06. The summed E-state index contributed by atoms with van der Waals surface area (Å²) in [6.45, 7) is 0.248. The highest BCUT2D eigenvalue weighted by atomic mass is 79.9. The second-order valence-corrected chi connectivity index (χ2v) is 7.70. The van der Waals surface area contributed by atoms with Crippen molar-refractivity contribution >= 4 is 31.8 Å². The molecule has 1 fully saturated rings. The molecule has 2 rings (SSSR count). The van der Waals surface area contributed by atoms with E-state index in [0.717, 1.165) is 19.3 Å². The van der Waals surface area contributed by atoms with Gasteiger partial charge in [0.1, 0.15) is 4.90 Å². The zero-order chi connectivity index (χ0) is 15.5. The van der Waals surface area contributed by atoms with Gasteiger partial charge in [-0.3, -0.25) is 0 Å². The fourth-order valence-electron chi connectivity index (χ4n) is 2.25. The third kappa shape index (κ3) is 3.54. The van der Waals surface area contributed by atoms with Gasteiger partial charge in [0.05, 0.1) is 0 Å². The number of aliphatic hydroxyl groups excluding tert-OH is 1. The van der Waals surface area contributed by atoms with Crippen LogP contribution in [0, 0.1) is 0 Å². The number of rotatable bonds is 7. The normalized spacial score (nSPS) is 16.0. The summed E-state index contributed by atoms with van der Waals surface area (Å²) < 4.78 is 27.8. The first kappa shape index (κ1) is 16.6. The van der Waals surface area contributed by atoms with Gasteiger partial charge in [0, 0.05) is 29.9 Å². The Hall–Kier alpha value is -0.740. The van der Waals surface area contributed by atoms with E-state index in [1.54, 1.807) is 0 Å². The van der Waals surface area contributed by atoms with Gasteiger partial charge in [0.25, 0.3) is 0 Å². The van der Waals surface area contributed by atoms with Gasteiger partial charge in [-0.2, -0.15) is 4.31 Å². The van der Waals surface area contributed by atoms with Crippen molar-refractivity contribution in [1.29, 1.82) is 0 Å². The molecule has 1 aromatic heterocycles. The highest BCUT2D eigenvalue weighted by Gasteiger charge is 2.36. The van der Waals surface area contributed by atoms with Crippen molar-refractivity contribution in [2.75, 3.05) is 18.6 Å². The van der Waals surface area contributed by atoms with Gasteiger partial charge in [-0.15, -0.1) is 0 Å². The fourth-order valence-corrected chi connectivity index (χ4v) is 4.59. The van der Waals surface area contributed by atoms with Crippen LogP contribution in [0.5, 0.6) is 0 Å². The molecule has 0 bridgehead atoms. The maximum absolute atomic E-state index is 12.9. The number of aliphatic hydroxyl groups is 1. The number of nitrogens with two attached hydrogens (primary N) is 1. The van der Waals surface area contributed by atoms with E-state index in [4.69, 9.17) is 10.9 Å². The molecule has 0 saturated heterocycles. The third-order valence-electron chi connectivity index (χ3n) is 3.56. The third-order valence-corrected chi connectivity index (χ3v) is 5.96. The number of halogens is 1. The van der Waals surface area contributed by atoms with Gasteiger partial charge in [0.2, 0.25) is 10.0 Å². The molecule has 0 aromatic carbocycles. The first-order valence-electron chi connectivity index (χ1n) is 6.75. The summed E-state index contributed by atoms with van der Waals surface area (Å²) in [5.41, 5.74) is 2.33. The number of nitrogen functional groups attached to an aromatic ring is 1. The molecule has 1 aromatic rings. The lowest BCUT2D eigenvalue weighted by Gasteiger charge is -2.36. The Bertz CT molecular complexity index is 592. The van der Waals surface area contributed by atoms with Crippen molar-refractivity contribution in [1.82, 2.24) is 9.29 Å². The maximum atomic E-state index is 12.9. The lowest BCUT2D eigenvalue weighted by Crippen LogP contribution is -2.45. The predicted molar refractivity (Wildman–Crippen MR) is 83.0 cm³/mol. The summed E-state index contributed by atoms with van der Waals surface area (Å²) >= 11 is 3.23. The smallest absolute Gasteiger partial charge is 0.247 e. The molecule has 1 aliphatic carbocycles. The van der Waals surface area contributed by atoms with Crippen LogP contribution in [0.3, 0.4) is 0 Å². The van der Waals surface area contributed by atoms with Crippen LogP contribution in [0.1, 0.15) is 25.7 Å². The monoisotopic (exact) mass is 378 g/mol.